The van der Waals surface area contributed by atoms with Gasteiger partial charge in [-0.2, -0.15) is 0 Å². The van der Waals surface area contributed by atoms with Gasteiger partial charge in [-0.1, -0.05) is 191 Å². The Labute approximate surface area is 410 Å². The molecule has 2 nitrogen and oxygen atoms in total. The molecule has 0 unspecified atom stereocenters. The predicted octanol–water partition coefficient (Wildman–Crippen LogP) is 7.77. The monoisotopic (exact) mass is 858 g/mol. The van der Waals surface area contributed by atoms with E-state index >= 15 is 0 Å². The lowest BCUT2D eigenvalue weighted by Gasteiger charge is -2.21. The Morgan fingerprint density at radius 3 is 1.42 bits per heavy atom. The molecule has 12 aromatic rings. The van der Waals surface area contributed by atoms with Crippen molar-refractivity contribution in [2.75, 3.05) is 0 Å². The fourth-order valence-corrected chi connectivity index (χ4v) is 10.4. The van der Waals surface area contributed by atoms with Gasteiger partial charge < -0.3 is 9.13 Å². The number of rotatable bonds is 7. The van der Waals surface area contributed by atoms with Crippen LogP contribution < -0.4 is 38.2 Å². The largest absolute Gasteiger partial charge is 0.310 e. The topological polar surface area (TPSA) is 9.86 Å². The summed E-state index contributed by atoms with van der Waals surface area (Å²) < 4.78 is 4.35. The van der Waals surface area contributed by atoms with E-state index in [0.717, 1.165) is 83.3 Å². The number of hydrogen-bond acceptors (Lipinski definition) is 0. The van der Waals surface area contributed by atoms with Gasteiger partial charge in [-0.25, -0.2) is 0 Å². The Hall–Kier alpha value is -7.75. The van der Waals surface area contributed by atoms with E-state index in [9.17, 15) is 0 Å². The summed E-state index contributed by atoms with van der Waals surface area (Å²) in [5.41, 5.74) is 16.6. The van der Waals surface area contributed by atoms with Crippen molar-refractivity contribution in [2.45, 2.75) is 0 Å². The van der Waals surface area contributed by atoms with Gasteiger partial charge in [-0.05, 0) is 86.3 Å². The second kappa shape index (κ2) is 16.8. The summed E-state index contributed by atoms with van der Waals surface area (Å²) in [5, 5.41) is 3.18. The van der Waals surface area contributed by atoms with Gasteiger partial charge in [0.1, 0.15) is 54.9 Å². The van der Waals surface area contributed by atoms with Crippen LogP contribution in [0.5, 0.6) is 0 Å². The molecule has 0 saturated heterocycles. The predicted molar refractivity (Wildman–Crippen MR) is 300 cm³/mol. The zero-order valence-corrected chi connectivity index (χ0v) is 37.5. The highest BCUT2D eigenvalue weighted by Crippen LogP contribution is 2.41. The Kier molecular flexibility index (Phi) is 10.4. The molecule has 0 bridgehead atoms. The molecule has 10 aromatic carbocycles. The molecule has 0 aliphatic carbocycles. The van der Waals surface area contributed by atoms with Gasteiger partial charge >= 0.3 is 0 Å². The molecular formula is C60H33B7N2. The molecule has 304 valence electrons. The van der Waals surface area contributed by atoms with Crippen molar-refractivity contribution in [3.05, 3.63) is 200 Å². The highest BCUT2D eigenvalue weighted by atomic mass is 15.0. The molecule has 9 heteroatoms. The normalized spacial score (nSPS) is 11.6. The zero-order valence-electron chi connectivity index (χ0n) is 37.5. The SMILES string of the molecule is [B]c1c([B])c([B])c2c(c1[B])c1c([B])c(-c3ccc4c(c3)c3cccc(-c5ccccc5)c3n4-c3cccc(-c4ccccc4)c3)c([B])c([B])c1n2-c1ccc(-c2ccccc2)cc1-c1ccccc1. The smallest absolute Gasteiger partial charge is 0.115 e. The lowest BCUT2D eigenvalue weighted by Crippen LogP contribution is -2.48. The summed E-state index contributed by atoms with van der Waals surface area (Å²) in [6.07, 6.45) is 0. The maximum Gasteiger partial charge on any atom is 0.115 e. The van der Waals surface area contributed by atoms with E-state index in [1.54, 1.807) is 0 Å². The van der Waals surface area contributed by atoms with Crippen molar-refractivity contribution in [3.63, 3.8) is 0 Å². The number of fused-ring (bicyclic) bond motifs is 6. The molecule has 0 aliphatic rings. The lowest BCUT2D eigenvalue weighted by atomic mass is 9.64. The van der Waals surface area contributed by atoms with Crippen LogP contribution in [-0.2, 0) is 0 Å². The van der Waals surface area contributed by atoms with Crippen LogP contribution in [0.25, 0.3) is 111 Å². The Morgan fingerprint density at radius 2 is 0.783 bits per heavy atom. The van der Waals surface area contributed by atoms with Crippen molar-refractivity contribution in [3.8, 4) is 67.0 Å². The molecule has 0 amide bonds. The second-order valence-electron chi connectivity index (χ2n) is 17.6. The summed E-state index contributed by atoms with van der Waals surface area (Å²) in [4.78, 5) is 0. The Morgan fingerprint density at radius 1 is 0.275 bits per heavy atom. The third kappa shape index (κ3) is 6.73. The van der Waals surface area contributed by atoms with Crippen LogP contribution in [0.2, 0.25) is 0 Å². The van der Waals surface area contributed by atoms with Crippen molar-refractivity contribution in [1.29, 1.82) is 0 Å². The first-order chi connectivity index (χ1) is 33.7. The highest BCUT2D eigenvalue weighted by Gasteiger charge is 2.26. The van der Waals surface area contributed by atoms with Crippen LogP contribution in [0.4, 0.5) is 0 Å². The second-order valence-corrected chi connectivity index (χ2v) is 17.6. The molecule has 0 atom stereocenters. The van der Waals surface area contributed by atoms with Crippen molar-refractivity contribution >= 4 is 137 Å². The average molecular weight is 858 g/mol. The molecular weight excluding hydrogens is 824 g/mol. The summed E-state index contributed by atoms with van der Waals surface area (Å²) >= 11 is 0. The lowest BCUT2D eigenvalue weighted by molar-refractivity contribution is 1.18. The average Bonchev–Trinajstić information content (AvgIpc) is 3.94. The third-order valence-corrected chi connectivity index (χ3v) is 13.7. The van der Waals surface area contributed by atoms with Gasteiger partial charge in [-0.3, -0.25) is 0 Å². The number of para-hydroxylation sites is 1. The van der Waals surface area contributed by atoms with Gasteiger partial charge in [0.2, 0.25) is 0 Å². The maximum atomic E-state index is 7.54. The summed E-state index contributed by atoms with van der Waals surface area (Å²) in [7, 11) is 49.7. The standard InChI is InChI=1S/C60H33B7N2/c61-51-48(40-28-30-47-45(33-40)43-26-14-25-42(36-19-9-3-10-20-36)58(43)68(47)41-24-13-23-38(31-41)34-15-5-1-6-16-34)52(62)56(66)59-49(51)50-53(63)54(64)55(65)57(67)60(50)69(59)46-29-27-39(35-17-7-2-8-18-35)32-44(46)37-21-11-4-12-22-37/h1-33H. The third-order valence-electron chi connectivity index (χ3n) is 13.7. The number of benzene rings is 10. The Bertz CT molecular complexity index is 4010. The van der Waals surface area contributed by atoms with Crippen molar-refractivity contribution < 1.29 is 0 Å². The minimum absolute atomic E-state index is 0.165. The molecule has 0 aliphatic heterocycles. The van der Waals surface area contributed by atoms with Gasteiger partial charge in [-0.15, -0.1) is 10.9 Å². The molecule has 0 saturated carbocycles. The summed E-state index contributed by atoms with van der Waals surface area (Å²) in [5.74, 6) is 0. The molecule has 0 spiro atoms. The van der Waals surface area contributed by atoms with Crippen LogP contribution in [0.3, 0.4) is 0 Å². The highest BCUT2D eigenvalue weighted by molar-refractivity contribution is 6.69. The molecule has 0 fully saturated rings. The first-order valence-electron chi connectivity index (χ1n) is 22.8. The fourth-order valence-electron chi connectivity index (χ4n) is 10.4. The maximum absolute atomic E-state index is 7.54. The van der Waals surface area contributed by atoms with Crippen molar-refractivity contribution in [2.24, 2.45) is 0 Å². The zero-order chi connectivity index (χ0) is 47.1. The summed E-state index contributed by atoms with van der Waals surface area (Å²) in [6.45, 7) is 0. The van der Waals surface area contributed by atoms with Crippen LogP contribution >= 0.6 is 0 Å². The van der Waals surface area contributed by atoms with Crippen LogP contribution in [-0.4, -0.2) is 64.1 Å². The number of hydrogen-bond donors (Lipinski definition) is 0. The van der Waals surface area contributed by atoms with E-state index < -0.39 is 0 Å². The first kappa shape index (κ1) is 42.6. The molecule has 0 N–H and O–H groups in total. The van der Waals surface area contributed by atoms with Crippen molar-refractivity contribution in [1.82, 2.24) is 9.13 Å². The Balaban J connectivity index is 1.15. The minimum atomic E-state index is 0.165. The van der Waals surface area contributed by atoms with E-state index in [1.165, 1.54) is 0 Å². The van der Waals surface area contributed by atoms with E-state index in [1.807, 2.05) is 53.1 Å². The van der Waals surface area contributed by atoms with Gasteiger partial charge in [0.15, 0.2) is 0 Å². The fraction of sp³-hybridized carbons (Fsp3) is 0. The minimum Gasteiger partial charge on any atom is -0.310 e. The van der Waals surface area contributed by atoms with Crippen LogP contribution in [0, 0.1) is 0 Å². The van der Waals surface area contributed by atoms with E-state index in [0.29, 0.717) is 43.8 Å². The van der Waals surface area contributed by atoms with Gasteiger partial charge in [0.25, 0.3) is 0 Å². The number of nitrogens with zero attached hydrogens (tertiary/aromatic N) is 2. The van der Waals surface area contributed by atoms with Crippen LogP contribution in [0.1, 0.15) is 0 Å². The van der Waals surface area contributed by atoms with Crippen LogP contribution in [0.15, 0.2) is 200 Å². The molecule has 69 heavy (non-hydrogen) atoms. The van der Waals surface area contributed by atoms with E-state index in [4.69, 9.17) is 54.9 Å². The molecule has 14 radical (unpaired) electrons. The molecule has 2 heterocycles. The first-order valence-corrected chi connectivity index (χ1v) is 22.8. The van der Waals surface area contributed by atoms with Gasteiger partial charge in [0, 0.05) is 44.0 Å². The van der Waals surface area contributed by atoms with E-state index in [-0.39, 0.29) is 21.9 Å². The number of aromatic nitrogens is 2. The molecule has 2 aromatic heterocycles. The quantitative estimate of drug-likeness (QED) is 0.145. The van der Waals surface area contributed by atoms with Gasteiger partial charge in [0.05, 0.1) is 16.7 Å². The summed E-state index contributed by atoms with van der Waals surface area (Å²) in [6, 6.07) is 69.2. The van der Waals surface area contributed by atoms with E-state index in [2.05, 4.69) is 156 Å². The molecule has 12 rings (SSSR count).